The van der Waals surface area contributed by atoms with Crippen LogP contribution in [0.1, 0.15) is 38.3 Å². The number of rotatable bonds is 7. The molecular weight excluding hydrogens is 390 g/mol. The first-order valence-electron chi connectivity index (χ1n) is 9.26. The summed E-state index contributed by atoms with van der Waals surface area (Å²) in [6.45, 7) is 5.60. The van der Waals surface area contributed by atoms with Crippen molar-refractivity contribution in [3.8, 4) is 11.6 Å². The third-order valence-electron chi connectivity index (χ3n) is 4.09. The van der Waals surface area contributed by atoms with Gasteiger partial charge in [-0.1, -0.05) is 56.3 Å². The quantitative estimate of drug-likeness (QED) is 0.532. The predicted molar refractivity (Wildman–Crippen MR) is 105 cm³/mol. The van der Waals surface area contributed by atoms with Gasteiger partial charge in [0.2, 0.25) is 17.6 Å². The Hall–Kier alpha value is -3.76. The maximum absolute atomic E-state index is 12.4. The maximum Gasteiger partial charge on any atom is 0.407 e. The molecule has 158 valence electrons. The van der Waals surface area contributed by atoms with Crippen LogP contribution in [-0.2, 0) is 16.1 Å². The molecule has 0 aliphatic rings. The number of H-pyrrole nitrogens is 1. The SMILES string of the molecule is CC(C)(C)[C@@H](NC(=O)CNC(=O)OCc1ccccc1)c1nc(-c2ncn[nH]2)no1. The van der Waals surface area contributed by atoms with Crippen LogP contribution in [0.2, 0.25) is 0 Å². The summed E-state index contributed by atoms with van der Waals surface area (Å²) in [6, 6.07) is 8.66. The van der Waals surface area contributed by atoms with Gasteiger partial charge in [-0.25, -0.2) is 9.78 Å². The van der Waals surface area contributed by atoms with E-state index in [2.05, 4.69) is 36.0 Å². The summed E-state index contributed by atoms with van der Waals surface area (Å²) >= 11 is 0. The van der Waals surface area contributed by atoms with Crippen molar-refractivity contribution in [2.45, 2.75) is 33.4 Å². The number of alkyl carbamates (subject to hydrolysis) is 1. The number of nitrogens with zero attached hydrogens (tertiary/aromatic N) is 4. The molecule has 30 heavy (non-hydrogen) atoms. The van der Waals surface area contributed by atoms with Gasteiger partial charge in [-0.3, -0.25) is 9.89 Å². The lowest BCUT2D eigenvalue weighted by atomic mass is 9.86. The zero-order valence-electron chi connectivity index (χ0n) is 16.9. The van der Waals surface area contributed by atoms with Crippen LogP contribution in [0.3, 0.4) is 0 Å². The summed E-state index contributed by atoms with van der Waals surface area (Å²) in [4.78, 5) is 32.5. The number of aromatic nitrogens is 5. The molecule has 1 atom stereocenters. The number of hydrogen-bond donors (Lipinski definition) is 3. The van der Waals surface area contributed by atoms with Crippen LogP contribution in [0.15, 0.2) is 41.2 Å². The molecule has 0 bridgehead atoms. The Morgan fingerprint density at radius 2 is 2.00 bits per heavy atom. The van der Waals surface area contributed by atoms with Gasteiger partial charge in [0.05, 0.1) is 0 Å². The summed E-state index contributed by atoms with van der Waals surface area (Å²) < 4.78 is 10.4. The second-order valence-corrected chi connectivity index (χ2v) is 7.57. The van der Waals surface area contributed by atoms with Gasteiger partial charge in [-0.2, -0.15) is 10.1 Å². The molecule has 0 aliphatic carbocycles. The zero-order valence-corrected chi connectivity index (χ0v) is 16.9. The number of hydrogen-bond acceptors (Lipinski definition) is 8. The predicted octanol–water partition coefficient (Wildman–Crippen LogP) is 1.98. The molecule has 3 N–H and O–H groups in total. The van der Waals surface area contributed by atoms with E-state index >= 15 is 0 Å². The van der Waals surface area contributed by atoms with Crippen molar-refractivity contribution in [3.05, 3.63) is 48.1 Å². The normalized spacial score (nSPS) is 12.2. The first kappa shape index (κ1) is 21.0. The standard InChI is InChI=1S/C19H23N7O4/c1-19(2,3)14(17-24-16(26-30-17)15-21-11-22-25-15)23-13(27)9-20-18(28)29-10-12-7-5-4-6-8-12/h4-8,11,14H,9-10H2,1-3H3,(H,20,28)(H,23,27)(H,21,22,25)/t14-/m0/s1. The van der Waals surface area contributed by atoms with Gasteiger partial charge in [-0.05, 0) is 11.0 Å². The number of carbonyl (C=O) groups excluding carboxylic acids is 2. The molecule has 11 heteroatoms. The van der Waals surface area contributed by atoms with E-state index in [4.69, 9.17) is 9.26 Å². The van der Waals surface area contributed by atoms with Crippen LogP contribution < -0.4 is 10.6 Å². The summed E-state index contributed by atoms with van der Waals surface area (Å²) in [7, 11) is 0. The second-order valence-electron chi connectivity index (χ2n) is 7.57. The Morgan fingerprint density at radius 3 is 2.67 bits per heavy atom. The maximum atomic E-state index is 12.4. The molecule has 3 aromatic rings. The Kier molecular flexibility index (Phi) is 6.40. The molecule has 0 aliphatic heterocycles. The van der Waals surface area contributed by atoms with Crippen LogP contribution >= 0.6 is 0 Å². The molecule has 1 aromatic carbocycles. The van der Waals surface area contributed by atoms with Gasteiger partial charge in [0.25, 0.3) is 0 Å². The van der Waals surface area contributed by atoms with Crippen molar-refractivity contribution < 1.29 is 18.8 Å². The fourth-order valence-corrected chi connectivity index (χ4v) is 2.55. The van der Waals surface area contributed by atoms with Crippen LogP contribution in [0.5, 0.6) is 0 Å². The monoisotopic (exact) mass is 413 g/mol. The molecule has 0 fully saturated rings. The van der Waals surface area contributed by atoms with E-state index < -0.39 is 23.5 Å². The molecule has 0 radical (unpaired) electrons. The van der Waals surface area contributed by atoms with Crippen molar-refractivity contribution in [1.29, 1.82) is 0 Å². The van der Waals surface area contributed by atoms with E-state index in [-0.39, 0.29) is 24.9 Å². The second kappa shape index (κ2) is 9.16. The first-order chi connectivity index (χ1) is 14.3. The van der Waals surface area contributed by atoms with Gasteiger partial charge in [0.1, 0.15) is 25.5 Å². The lowest BCUT2D eigenvalue weighted by Crippen LogP contribution is -2.42. The number of amides is 2. The van der Waals surface area contributed by atoms with Gasteiger partial charge in [-0.15, -0.1) is 0 Å². The minimum atomic E-state index is -0.688. The molecule has 3 rings (SSSR count). The molecule has 0 saturated carbocycles. The van der Waals surface area contributed by atoms with Gasteiger partial charge in [0.15, 0.2) is 5.82 Å². The Bertz CT molecular complexity index is 964. The molecule has 2 aromatic heterocycles. The number of nitrogens with one attached hydrogen (secondary N) is 3. The average Bonchev–Trinajstić information content (AvgIpc) is 3.40. The molecule has 2 heterocycles. The van der Waals surface area contributed by atoms with E-state index in [0.29, 0.717) is 5.82 Å². The Labute approximate surface area is 172 Å². The largest absolute Gasteiger partial charge is 0.445 e. The summed E-state index contributed by atoms with van der Waals surface area (Å²) in [6.07, 6.45) is 0.642. The van der Waals surface area contributed by atoms with Crippen molar-refractivity contribution in [2.75, 3.05) is 6.54 Å². The van der Waals surface area contributed by atoms with E-state index in [1.807, 2.05) is 51.1 Å². The summed E-state index contributed by atoms with van der Waals surface area (Å²) in [5.74, 6) is 0.375. The number of benzene rings is 1. The summed E-state index contributed by atoms with van der Waals surface area (Å²) in [5, 5.41) is 15.5. The van der Waals surface area contributed by atoms with Crippen molar-refractivity contribution in [3.63, 3.8) is 0 Å². The highest BCUT2D eigenvalue weighted by Gasteiger charge is 2.33. The molecule has 0 unspecified atom stereocenters. The fourth-order valence-electron chi connectivity index (χ4n) is 2.55. The average molecular weight is 413 g/mol. The minimum Gasteiger partial charge on any atom is -0.445 e. The highest BCUT2D eigenvalue weighted by molar-refractivity contribution is 5.82. The molecule has 0 saturated heterocycles. The van der Waals surface area contributed by atoms with E-state index in [0.717, 1.165) is 5.56 Å². The van der Waals surface area contributed by atoms with Crippen LogP contribution in [0.4, 0.5) is 4.79 Å². The van der Waals surface area contributed by atoms with E-state index in [1.54, 1.807) is 0 Å². The van der Waals surface area contributed by atoms with Crippen molar-refractivity contribution >= 4 is 12.0 Å². The fraction of sp³-hybridized carbons (Fsp3) is 0.368. The third kappa shape index (κ3) is 5.63. The van der Waals surface area contributed by atoms with Crippen LogP contribution in [0, 0.1) is 5.41 Å². The topological polar surface area (TPSA) is 148 Å². The Morgan fingerprint density at radius 1 is 1.23 bits per heavy atom. The lowest BCUT2D eigenvalue weighted by molar-refractivity contribution is -0.122. The summed E-state index contributed by atoms with van der Waals surface area (Å²) in [5.41, 5.74) is 0.415. The van der Waals surface area contributed by atoms with Crippen molar-refractivity contribution in [1.82, 2.24) is 36.0 Å². The van der Waals surface area contributed by atoms with Gasteiger partial charge < -0.3 is 19.9 Å². The van der Waals surface area contributed by atoms with E-state index in [1.165, 1.54) is 6.33 Å². The lowest BCUT2D eigenvalue weighted by Gasteiger charge is -2.28. The number of aromatic amines is 1. The molecule has 0 spiro atoms. The van der Waals surface area contributed by atoms with Crippen molar-refractivity contribution in [2.24, 2.45) is 5.41 Å². The molecular formula is C19H23N7O4. The van der Waals surface area contributed by atoms with Gasteiger partial charge >= 0.3 is 6.09 Å². The van der Waals surface area contributed by atoms with Crippen LogP contribution in [-0.4, -0.2) is 43.9 Å². The highest BCUT2D eigenvalue weighted by atomic mass is 16.5. The third-order valence-corrected chi connectivity index (χ3v) is 4.09. The van der Waals surface area contributed by atoms with Gasteiger partial charge in [0, 0.05) is 0 Å². The minimum absolute atomic E-state index is 0.116. The number of ether oxygens (including phenoxy) is 1. The molecule has 11 nitrogen and oxygen atoms in total. The van der Waals surface area contributed by atoms with E-state index in [9.17, 15) is 9.59 Å². The Balaban J connectivity index is 1.55. The smallest absolute Gasteiger partial charge is 0.407 e. The number of carbonyl (C=O) groups is 2. The zero-order chi connectivity index (χ0) is 21.6. The first-order valence-corrected chi connectivity index (χ1v) is 9.26. The molecule has 2 amide bonds. The van der Waals surface area contributed by atoms with Crippen LogP contribution in [0.25, 0.3) is 11.6 Å². The highest BCUT2D eigenvalue weighted by Crippen LogP contribution is 2.32.